The molecular weight excluding hydrogens is 286 g/mol. The van der Waals surface area contributed by atoms with Crippen LogP contribution in [-0.4, -0.2) is 13.1 Å². The van der Waals surface area contributed by atoms with Crippen LogP contribution in [0.4, 0.5) is 0 Å². The molecule has 2 heteroatoms. The SMILES string of the molecule is C=CCCCCCC(Cc1ccc(Br)cc1)NC. The Morgan fingerprint density at radius 3 is 2.56 bits per heavy atom. The molecule has 1 rings (SSSR count). The molecule has 0 aliphatic rings. The lowest BCUT2D eigenvalue weighted by molar-refractivity contribution is 0.487. The summed E-state index contributed by atoms with van der Waals surface area (Å²) in [6.45, 7) is 3.76. The molecule has 1 atom stereocenters. The Bertz CT molecular complexity index is 331. The minimum absolute atomic E-state index is 0.593. The van der Waals surface area contributed by atoms with Crippen molar-refractivity contribution in [1.29, 1.82) is 0 Å². The van der Waals surface area contributed by atoms with E-state index in [1.54, 1.807) is 0 Å². The number of rotatable bonds is 9. The van der Waals surface area contributed by atoms with Gasteiger partial charge in [-0.15, -0.1) is 6.58 Å². The maximum absolute atomic E-state index is 3.76. The second-order valence-corrected chi connectivity index (χ2v) is 5.66. The van der Waals surface area contributed by atoms with Crippen LogP contribution in [-0.2, 0) is 6.42 Å². The van der Waals surface area contributed by atoms with E-state index in [4.69, 9.17) is 0 Å². The number of hydrogen-bond acceptors (Lipinski definition) is 1. The van der Waals surface area contributed by atoms with Gasteiger partial charge < -0.3 is 5.32 Å². The van der Waals surface area contributed by atoms with Crippen molar-refractivity contribution in [3.05, 3.63) is 47.0 Å². The van der Waals surface area contributed by atoms with Gasteiger partial charge in [-0.05, 0) is 50.4 Å². The van der Waals surface area contributed by atoms with Gasteiger partial charge in [0.15, 0.2) is 0 Å². The lowest BCUT2D eigenvalue weighted by atomic mass is 10.0. The number of halogens is 1. The number of allylic oxidation sites excluding steroid dienone is 1. The topological polar surface area (TPSA) is 12.0 Å². The molecule has 1 unspecified atom stereocenters. The summed E-state index contributed by atoms with van der Waals surface area (Å²) in [6, 6.07) is 9.23. The normalized spacial score (nSPS) is 12.3. The van der Waals surface area contributed by atoms with E-state index in [1.807, 2.05) is 6.08 Å². The van der Waals surface area contributed by atoms with Crippen molar-refractivity contribution in [1.82, 2.24) is 5.32 Å². The fourth-order valence-electron chi connectivity index (χ4n) is 2.11. The van der Waals surface area contributed by atoms with Crippen molar-refractivity contribution < 1.29 is 0 Å². The maximum atomic E-state index is 3.76. The van der Waals surface area contributed by atoms with Gasteiger partial charge in [0, 0.05) is 10.5 Å². The van der Waals surface area contributed by atoms with Gasteiger partial charge in [-0.2, -0.15) is 0 Å². The highest BCUT2D eigenvalue weighted by atomic mass is 79.9. The molecule has 0 amide bonds. The van der Waals surface area contributed by atoms with Crippen LogP contribution in [0.25, 0.3) is 0 Å². The van der Waals surface area contributed by atoms with E-state index < -0.39 is 0 Å². The van der Waals surface area contributed by atoms with E-state index in [2.05, 4.69) is 59.1 Å². The highest BCUT2D eigenvalue weighted by Gasteiger charge is 2.06. The van der Waals surface area contributed by atoms with Crippen molar-refractivity contribution in [3.8, 4) is 0 Å². The Labute approximate surface area is 120 Å². The van der Waals surface area contributed by atoms with Crippen LogP contribution in [0.5, 0.6) is 0 Å². The van der Waals surface area contributed by atoms with Gasteiger partial charge in [0.2, 0.25) is 0 Å². The second-order valence-electron chi connectivity index (χ2n) is 4.74. The van der Waals surface area contributed by atoms with Gasteiger partial charge in [-0.3, -0.25) is 0 Å². The van der Waals surface area contributed by atoms with Crippen LogP contribution in [0.15, 0.2) is 41.4 Å². The largest absolute Gasteiger partial charge is 0.317 e. The molecule has 0 heterocycles. The average molecular weight is 310 g/mol. The lowest BCUT2D eigenvalue weighted by Gasteiger charge is -2.16. The molecule has 0 saturated carbocycles. The minimum Gasteiger partial charge on any atom is -0.317 e. The van der Waals surface area contributed by atoms with E-state index >= 15 is 0 Å². The smallest absolute Gasteiger partial charge is 0.0175 e. The molecule has 1 aromatic carbocycles. The molecule has 0 bridgehead atoms. The Morgan fingerprint density at radius 1 is 1.22 bits per heavy atom. The Hall–Kier alpha value is -0.600. The molecular formula is C16H24BrN. The molecule has 0 aliphatic heterocycles. The van der Waals surface area contributed by atoms with E-state index in [0.29, 0.717) is 6.04 Å². The van der Waals surface area contributed by atoms with E-state index in [0.717, 1.165) is 17.3 Å². The molecule has 0 aliphatic carbocycles. The zero-order valence-corrected chi connectivity index (χ0v) is 12.9. The minimum atomic E-state index is 0.593. The van der Waals surface area contributed by atoms with E-state index in [1.165, 1.54) is 31.2 Å². The summed E-state index contributed by atoms with van der Waals surface area (Å²) >= 11 is 3.47. The predicted octanol–water partition coefficient (Wildman–Crippen LogP) is 4.72. The summed E-state index contributed by atoms with van der Waals surface area (Å²) in [6.07, 6.45) is 9.42. The summed E-state index contributed by atoms with van der Waals surface area (Å²) in [7, 11) is 2.06. The van der Waals surface area contributed by atoms with Crippen LogP contribution in [0, 0.1) is 0 Å². The Morgan fingerprint density at radius 2 is 1.94 bits per heavy atom. The van der Waals surface area contributed by atoms with Crippen LogP contribution in [0.3, 0.4) is 0 Å². The molecule has 0 saturated heterocycles. The number of nitrogens with one attached hydrogen (secondary N) is 1. The van der Waals surface area contributed by atoms with E-state index in [9.17, 15) is 0 Å². The van der Waals surface area contributed by atoms with Crippen LogP contribution in [0.2, 0.25) is 0 Å². The second kappa shape index (κ2) is 9.35. The summed E-state index contributed by atoms with van der Waals surface area (Å²) in [5.74, 6) is 0. The van der Waals surface area contributed by atoms with Gasteiger partial charge in [0.05, 0.1) is 0 Å². The molecule has 0 fully saturated rings. The highest BCUT2D eigenvalue weighted by molar-refractivity contribution is 9.10. The van der Waals surface area contributed by atoms with Crippen LogP contribution < -0.4 is 5.32 Å². The first-order chi connectivity index (χ1) is 8.76. The first-order valence-corrected chi connectivity index (χ1v) is 7.58. The maximum Gasteiger partial charge on any atom is 0.0175 e. The van der Waals surface area contributed by atoms with Crippen molar-refractivity contribution in [2.45, 2.75) is 44.6 Å². The molecule has 0 spiro atoms. The van der Waals surface area contributed by atoms with Crippen molar-refractivity contribution in [2.24, 2.45) is 0 Å². The molecule has 0 aromatic heterocycles. The van der Waals surface area contributed by atoms with Crippen LogP contribution in [0.1, 0.15) is 37.7 Å². The van der Waals surface area contributed by atoms with Gasteiger partial charge >= 0.3 is 0 Å². The van der Waals surface area contributed by atoms with Crippen LogP contribution >= 0.6 is 15.9 Å². The molecule has 1 aromatic rings. The average Bonchev–Trinajstić information content (AvgIpc) is 2.39. The number of benzene rings is 1. The third kappa shape index (κ3) is 6.36. The standard InChI is InChI=1S/C16H24BrN/c1-3-4-5-6-7-8-16(18-2)13-14-9-11-15(17)12-10-14/h3,9-12,16,18H,1,4-8,13H2,2H3. The van der Waals surface area contributed by atoms with Crippen molar-refractivity contribution >= 4 is 15.9 Å². The molecule has 1 N–H and O–H groups in total. The van der Waals surface area contributed by atoms with Gasteiger partial charge in [-0.1, -0.05) is 47.0 Å². The van der Waals surface area contributed by atoms with Crippen molar-refractivity contribution in [2.75, 3.05) is 7.05 Å². The van der Waals surface area contributed by atoms with Gasteiger partial charge in [-0.25, -0.2) is 0 Å². The Balaban J connectivity index is 2.28. The summed E-state index contributed by atoms with van der Waals surface area (Å²) in [5, 5.41) is 3.42. The third-order valence-electron chi connectivity index (χ3n) is 3.26. The van der Waals surface area contributed by atoms with Crippen molar-refractivity contribution in [3.63, 3.8) is 0 Å². The lowest BCUT2D eigenvalue weighted by Crippen LogP contribution is -2.27. The molecule has 0 radical (unpaired) electrons. The quantitative estimate of drug-likeness (QED) is 0.514. The number of unbranched alkanes of at least 4 members (excludes halogenated alkanes) is 3. The van der Waals surface area contributed by atoms with Gasteiger partial charge in [0.1, 0.15) is 0 Å². The predicted molar refractivity (Wildman–Crippen MR) is 84.0 cm³/mol. The third-order valence-corrected chi connectivity index (χ3v) is 3.79. The summed E-state index contributed by atoms with van der Waals surface area (Å²) in [5.41, 5.74) is 1.41. The fourth-order valence-corrected chi connectivity index (χ4v) is 2.37. The highest BCUT2D eigenvalue weighted by Crippen LogP contribution is 2.14. The first-order valence-electron chi connectivity index (χ1n) is 6.79. The first kappa shape index (κ1) is 15.5. The Kier molecular flexibility index (Phi) is 8.03. The molecule has 1 nitrogen and oxygen atoms in total. The summed E-state index contributed by atoms with van der Waals surface area (Å²) < 4.78 is 1.15. The zero-order chi connectivity index (χ0) is 13.2. The fraction of sp³-hybridized carbons (Fsp3) is 0.500. The van der Waals surface area contributed by atoms with E-state index in [-0.39, 0.29) is 0 Å². The van der Waals surface area contributed by atoms with Gasteiger partial charge in [0.25, 0.3) is 0 Å². The zero-order valence-electron chi connectivity index (χ0n) is 11.3. The summed E-state index contributed by atoms with van der Waals surface area (Å²) in [4.78, 5) is 0. The monoisotopic (exact) mass is 309 g/mol. The molecule has 100 valence electrons. The number of hydrogen-bond donors (Lipinski definition) is 1. The molecule has 18 heavy (non-hydrogen) atoms. The number of likely N-dealkylation sites (N-methyl/N-ethyl adjacent to an activating group) is 1.